The van der Waals surface area contributed by atoms with E-state index in [0.29, 0.717) is 12.2 Å². The van der Waals surface area contributed by atoms with Gasteiger partial charge in [0.2, 0.25) is 0 Å². The smallest absolute Gasteiger partial charge is 0.337 e. The summed E-state index contributed by atoms with van der Waals surface area (Å²) in [7, 11) is 0. The lowest BCUT2D eigenvalue weighted by molar-refractivity contribution is -0.138. The van der Waals surface area contributed by atoms with Crippen LogP contribution in [0.25, 0.3) is 35.2 Å². The predicted octanol–water partition coefficient (Wildman–Crippen LogP) is 6.27. The molecule has 2 aromatic heterocycles. The molecule has 3 aromatic rings. The Balaban J connectivity index is 1.67. The molecule has 1 N–H and O–H groups in total. The minimum atomic E-state index is -0.293. The van der Waals surface area contributed by atoms with Crippen molar-refractivity contribution in [3.63, 3.8) is 0 Å². The minimum absolute atomic E-state index is 0.293. The van der Waals surface area contributed by atoms with Gasteiger partial charge in [-0.05, 0) is 60.5 Å². The number of hydrogen-bond donors (Lipinski definition) is 1. The topological polar surface area (TPSA) is 67.9 Å². The summed E-state index contributed by atoms with van der Waals surface area (Å²) in [6.45, 7) is 10.7. The van der Waals surface area contributed by atoms with Crippen molar-refractivity contribution in [2.45, 2.75) is 72.1 Å². The highest BCUT2D eigenvalue weighted by molar-refractivity contribution is 5.97. The molecule has 0 saturated heterocycles. The van der Waals surface area contributed by atoms with E-state index >= 15 is 0 Å². The van der Waals surface area contributed by atoms with Gasteiger partial charge in [0.1, 0.15) is 0 Å². The van der Waals surface area contributed by atoms with Crippen molar-refractivity contribution in [2.24, 2.45) is 0 Å². The Morgan fingerprint density at radius 3 is 2.53 bits per heavy atom. The summed E-state index contributed by atoms with van der Waals surface area (Å²) >= 11 is 0. The van der Waals surface area contributed by atoms with Crippen LogP contribution in [0.3, 0.4) is 0 Å². The molecule has 0 aliphatic carbocycles. The van der Waals surface area contributed by atoms with Gasteiger partial charge in [-0.2, -0.15) is 5.10 Å². The molecule has 1 aromatic carbocycles. The van der Waals surface area contributed by atoms with E-state index in [1.807, 2.05) is 56.3 Å². The maximum absolute atomic E-state index is 12.7. The van der Waals surface area contributed by atoms with Gasteiger partial charge in [0.05, 0.1) is 29.8 Å². The number of hydrogen-bond acceptors (Lipinski definition) is 4. The number of carbonyl (C=O) groups is 1. The first-order valence-electron chi connectivity index (χ1n) is 13.2. The van der Waals surface area contributed by atoms with Gasteiger partial charge < -0.3 is 4.74 Å². The highest BCUT2D eigenvalue weighted by Gasteiger charge is 2.12. The van der Waals surface area contributed by atoms with Crippen LogP contribution in [0.15, 0.2) is 54.2 Å². The highest BCUT2D eigenvalue weighted by Crippen LogP contribution is 2.28. The van der Waals surface area contributed by atoms with Crippen molar-refractivity contribution in [3.05, 3.63) is 70.4 Å². The molecular formula is C31H39N3O2. The molecule has 3 rings (SSSR count). The van der Waals surface area contributed by atoms with Crippen molar-refractivity contribution < 1.29 is 9.53 Å². The first-order chi connectivity index (χ1) is 17.5. The number of carbonyl (C=O) groups excluding carboxylic acids is 1. The van der Waals surface area contributed by atoms with Crippen LogP contribution < -0.4 is 10.4 Å². The number of pyridine rings is 1. The van der Waals surface area contributed by atoms with Crippen LogP contribution in [0.1, 0.15) is 70.9 Å². The molecule has 5 nitrogen and oxygen atoms in total. The van der Waals surface area contributed by atoms with E-state index in [9.17, 15) is 4.79 Å². The maximum Gasteiger partial charge on any atom is 0.337 e. The number of H-pyrrole nitrogens is 1. The average Bonchev–Trinajstić information content (AvgIpc) is 3.37. The summed E-state index contributed by atoms with van der Waals surface area (Å²) in [6, 6.07) is 11.9. The number of esters is 1. The maximum atomic E-state index is 12.7. The normalized spacial score (nSPS) is 12.2. The molecule has 0 atom stereocenters. The summed E-state index contributed by atoms with van der Waals surface area (Å²) in [5, 5.41) is 9.05. The van der Waals surface area contributed by atoms with Crippen molar-refractivity contribution in [1.82, 2.24) is 15.2 Å². The lowest BCUT2D eigenvalue weighted by Crippen LogP contribution is -2.24. The Morgan fingerprint density at radius 1 is 1.06 bits per heavy atom. The summed E-state index contributed by atoms with van der Waals surface area (Å²) in [5.41, 5.74) is 5.09. The highest BCUT2D eigenvalue weighted by atomic mass is 16.5. The van der Waals surface area contributed by atoms with Crippen LogP contribution in [-0.2, 0) is 9.53 Å². The second kappa shape index (κ2) is 14.2. The Bertz CT molecular complexity index is 1270. The number of aromatic nitrogens is 3. The van der Waals surface area contributed by atoms with Gasteiger partial charge in [0, 0.05) is 11.3 Å². The number of nitrogens with zero attached hydrogens (tertiary/aromatic N) is 2. The number of ether oxygens (including phenoxy) is 1. The molecule has 36 heavy (non-hydrogen) atoms. The van der Waals surface area contributed by atoms with Crippen LogP contribution in [0.2, 0.25) is 0 Å². The van der Waals surface area contributed by atoms with E-state index in [1.165, 1.54) is 38.5 Å². The summed E-state index contributed by atoms with van der Waals surface area (Å²) < 4.78 is 5.56. The monoisotopic (exact) mass is 485 g/mol. The van der Waals surface area contributed by atoms with Crippen molar-refractivity contribution in [2.75, 3.05) is 6.61 Å². The van der Waals surface area contributed by atoms with E-state index in [2.05, 4.69) is 28.7 Å². The molecule has 190 valence electrons. The zero-order chi connectivity index (χ0) is 25.8. The lowest BCUT2D eigenvalue weighted by Gasteiger charge is -2.07. The fraction of sp³-hybridized carbons (Fsp3) is 0.387. The number of allylic oxidation sites excluding steroid dienone is 1. The van der Waals surface area contributed by atoms with Gasteiger partial charge in [-0.25, -0.2) is 4.79 Å². The molecule has 0 bridgehead atoms. The first-order valence-corrected chi connectivity index (χ1v) is 13.2. The zero-order valence-corrected chi connectivity index (χ0v) is 22.0. The van der Waals surface area contributed by atoms with Crippen molar-refractivity contribution in [3.8, 4) is 22.5 Å². The van der Waals surface area contributed by atoms with E-state index in [4.69, 9.17) is 4.74 Å². The SMILES string of the molecule is C=c1ccc(-c2cn[nH]c2-c2cccc(C)n2)c/c1=C/C(=C\C)C(=O)OCCCCCCCCCC. The number of benzene rings is 1. The van der Waals surface area contributed by atoms with E-state index < -0.39 is 0 Å². The Hall–Kier alpha value is -3.47. The summed E-state index contributed by atoms with van der Waals surface area (Å²) in [5.74, 6) is -0.293. The molecule has 0 fully saturated rings. The largest absolute Gasteiger partial charge is 0.462 e. The number of rotatable bonds is 13. The first kappa shape index (κ1) is 27.1. The van der Waals surface area contributed by atoms with E-state index in [0.717, 1.165) is 51.5 Å². The standard InChI is InChI=1S/C31H39N3O2/c1-5-7-8-9-10-11-12-13-19-36-31(35)25(6-2)20-27-21-26(18-17-23(27)3)28-22-32-34-30(28)29-16-14-15-24(4)33-29/h6,14-18,20-22H,3,5,7-13,19H2,1-2,4H3,(H,32,34)/b25-6+,27-20-. The predicted molar refractivity (Wildman–Crippen MR) is 149 cm³/mol. The van der Waals surface area contributed by atoms with Gasteiger partial charge in [-0.1, -0.05) is 82.7 Å². The minimum Gasteiger partial charge on any atom is -0.462 e. The third-order valence-corrected chi connectivity index (χ3v) is 6.33. The van der Waals surface area contributed by atoms with Crippen molar-refractivity contribution in [1.29, 1.82) is 0 Å². The van der Waals surface area contributed by atoms with Gasteiger partial charge in [-0.3, -0.25) is 10.1 Å². The molecule has 5 heteroatoms. The van der Waals surface area contributed by atoms with Crippen LogP contribution in [0.5, 0.6) is 0 Å². The fourth-order valence-electron chi connectivity index (χ4n) is 4.19. The Morgan fingerprint density at radius 2 is 1.81 bits per heavy atom. The number of aryl methyl sites for hydroxylation is 1. The Labute approximate surface area is 215 Å². The van der Waals surface area contributed by atoms with Crippen LogP contribution in [0.4, 0.5) is 0 Å². The van der Waals surface area contributed by atoms with Crippen LogP contribution >= 0.6 is 0 Å². The van der Waals surface area contributed by atoms with Gasteiger partial charge in [0.25, 0.3) is 0 Å². The fourth-order valence-corrected chi connectivity index (χ4v) is 4.19. The number of nitrogens with one attached hydrogen (secondary N) is 1. The zero-order valence-electron chi connectivity index (χ0n) is 22.0. The second-order valence-corrected chi connectivity index (χ2v) is 9.24. The van der Waals surface area contributed by atoms with E-state index in [1.54, 1.807) is 12.3 Å². The molecule has 0 unspecified atom stereocenters. The third kappa shape index (κ3) is 7.77. The second-order valence-electron chi connectivity index (χ2n) is 9.24. The molecule has 0 spiro atoms. The average molecular weight is 486 g/mol. The quantitative estimate of drug-likeness (QED) is 0.176. The number of unbranched alkanes of at least 4 members (excludes halogenated alkanes) is 7. The lowest BCUT2D eigenvalue weighted by atomic mass is 10.0. The van der Waals surface area contributed by atoms with Crippen LogP contribution in [-0.4, -0.2) is 27.8 Å². The summed E-state index contributed by atoms with van der Waals surface area (Å²) in [4.78, 5) is 17.3. The van der Waals surface area contributed by atoms with Crippen molar-refractivity contribution >= 4 is 18.6 Å². The molecule has 0 aliphatic rings. The summed E-state index contributed by atoms with van der Waals surface area (Å²) in [6.07, 6.45) is 15.2. The van der Waals surface area contributed by atoms with Gasteiger partial charge >= 0.3 is 5.97 Å². The molecule has 0 aliphatic heterocycles. The molecule has 2 heterocycles. The van der Waals surface area contributed by atoms with Gasteiger partial charge in [0.15, 0.2) is 0 Å². The number of aromatic amines is 1. The molecule has 0 saturated carbocycles. The third-order valence-electron chi connectivity index (χ3n) is 6.33. The molecule has 0 amide bonds. The van der Waals surface area contributed by atoms with E-state index in [-0.39, 0.29) is 5.97 Å². The molecule has 0 radical (unpaired) electrons. The van der Waals surface area contributed by atoms with Gasteiger partial charge in [-0.15, -0.1) is 0 Å². The Kier molecular flexibility index (Phi) is 10.7. The molecular weight excluding hydrogens is 446 g/mol. The van der Waals surface area contributed by atoms with Crippen LogP contribution in [0, 0.1) is 6.92 Å².